The predicted octanol–water partition coefficient (Wildman–Crippen LogP) is 1.98. The summed E-state index contributed by atoms with van der Waals surface area (Å²) in [6.07, 6.45) is 5.80. The molecule has 4 nitrogen and oxygen atoms in total. The zero-order valence-corrected chi connectivity index (χ0v) is 11.5. The fraction of sp³-hybridized carbons (Fsp3) is 0.545. The highest BCUT2D eigenvalue weighted by atomic mass is 35.5. The van der Waals surface area contributed by atoms with Gasteiger partial charge in [-0.3, -0.25) is 4.98 Å². The summed E-state index contributed by atoms with van der Waals surface area (Å²) < 4.78 is 5.66. The summed E-state index contributed by atoms with van der Waals surface area (Å²) in [6, 6.07) is 2.34. The summed E-state index contributed by atoms with van der Waals surface area (Å²) >= 11 is 0. The van der Waals surface area contributed by atoms with E-state index in [1.165, 1.54) is 19.4 Å². The number of nitrogens with zero attached hydrogens (tertiary/aromatic N) is 2. The number of nitrogens with two attached hydrogens (primary N) is 1. The normalized spacial score (nSPS) is 19.2. The Bertz CT molecular complexity index is 338. The smallest absolute Gasteiger partial charge is 0.139 e. The van der Waals surface area contributed by atoms with Crippen LogP contribution in [-0.4, -0.2) is 36.1 Å². The molecule has 1 saturated heterocycles. The van der Waals surface area contributed by atoms with Gasteiger partial charge in [-0.05, 0) is 26.4 Å². The van der Waals surface area contributed by atoms with E-state index in [1.54, 1.807) is 12.4 Å². The Kier molecular flexibility index (Phi) is 7.27. The van der Waals surface area contributed by atoms with E-state index in [-0.39, 0.29) is 24.8 Å². The minimum absolute atomic E-state index is 0. The SMILES string of the molecule is CN1CCC[C@@H]1COc1cncc(N)c1.Cl.Cl. The van der Waals surface area contributed by atoms with Crippen molar-refractivity contribution in [3.63, 3.8) is 0 Å². The summed E-state index contributed by atoms with van der Waals surface area (Å²) in [6.45, 7) is 1.89. The average Bonchev–Trinajstić information content (AvgIpc) is 2.61. The van der Waals surface area contributed by atoms with Crippen molar-refractivity contribution in [1.29, 1.82) is 0 Å². The number of hydrogen-bond acceptors (Lipinski definition) is 4. The first-order valence-electron chi connectivity index (χ1n) is 5.29. The first-order valence-corrected chi connectivity index (χ1v) is 5.29. The molecule has 1 aromatic rings. The molecule has 17 heavy (non-hydrogen) atoms. The zero-order valence-electron chi connectivity index (χ0n) is 9.83. The van der Waals surface area contributed by atoms with Crippen LogP contribution in [0.4, 0.5) is 5.69 Å². The molecule has 0 aliphatic carbocycles. The van der Waals surface area contributed by atoms with Gasteiger partial charge in [-0.1, -0.05) is 0 Å². The van der Waals surface area contributed by atoms with Gasteiger partial charge in [0.05, 0.1) is 18.1 Å². The van der Waals surface area contributed by atoms with Gasteiger partial charge < -0.3 is 15.4 Å². The number of pyridine rings is 1. The zero-order chi connectivity index (χ0) is 10.7. The van der Waals surface area contributed by atoms with E-state index in [2.05, 4.69) is 16.9 Å². The van der Waals surface area contributed by atoms with Crippen molar-refractivity contribution in [2.75, 3.05) is 25.9 Å². The Hall–Kier alpha value is -0.710. The molecule has 0 spiro atoms. The number of anilines is 1. The molecule has 6 heteroatoms. The van der Waals surface area contributed by atoms with Crippen LogP contribution in [0.15, 0.2) is 18.5 Å². The third-order valence-electron chi connectivity index (χ3n) is 2.85. The van der Waals surface area contributed by atoms with Gasteiger partial charge in [-0.25, -0.2) is 0 Å². The lowest BCUT2D eigenvalue weighted by Gasteiger charge is -2.19. The molecule has 98 valence electrons. The second-order valence-electron chi connectivity index (χ2n) is 4.04. The quantitative estimate of drug-likeness (QED) is 0.919. The van der Waals surface area contributed by atoms with Gasteiger partial charge in [0.25, 0.3) is 0 Å². The Morgan fingerprint density at radius 1 is 1.47 bits per heavy atom. The third-order valence-corrected chi connectivity index (χ3v) is 2.85. The van der Waals surface area contributed by atoms with Crippen LogP contribution in [0, 0.1) is 0 Å². The lowest BCUT2D eigenvalue weighted by Crippen LogP contribution is -2.30. The Morgan fingerprint density at radius 3 is 2.82 bits per heavy atom. The van der Waals surface area contributed by atoms with Crippen molar-refractivity contribution in [3.05, 3.63) is 18.5 Å². The molecular formula is C11H19Cl2N3O. The third kappa shape index (κ3) is 4.58. The number of likely N-dealkylation sites (N-methyl/N-ethyl adjacent to an activating group) is 1. The van der Waals surface area contributed by atoms with E-state index in [0.29, 0.717) is 11.7 Å². The molecule has 0 unspecified atom stereocenters. The first-order chi connectivity index (χ1) is 7.25. The largest absolute Gasteiger partial charge is 0.490 e. The van der Waals surface area contributed by atoms with Gasteiger partial charge in [0.1, 0.15) is 12.4 Å². The maximum absolute atomic E-state index is 5.66. The van der Waals surface area contributed by atoms with Crippen LogP contribution >= 0.6 is 24.8 Å². The number of nitrogen functional groups attached to an aromatic ring is 1. The topological polar surface area (TPSA) is 51.4 Å². The minimum Gasteiger partial charge on any atom is -0.490 e. The molecular weight excluding hydrogens is 261 g/mol. The van der Waals surface area contributed by atoms with Crippen LogP contribution in [0.3, 0.4) is 0 Å². The highest BCUT2D eigenvalue weighted by Gasteiger charge is 2.21. The summed E-state index contributed by atoms with van der Waals surface area (Å²) in [5.74, 6) is 0.760. The second-order valence-corrected chi connectivity index (χ2v) is 4.04. The fourth-order valence-corrected chi connectivity index (χ4v) is 1.90. The summed E-state index contributed by atoms with van der Waals surface area (Å²) in [4.78, 5) is 6.32. The standard InChI is InChI=1S/C11H17N3O.2ClH/c1-14-4-2-3-10(14)8-15-11-5-9(12)6-13-7-11;;/h5-7,10H,2-4,8,12H2,1H3;2*1H/t10-;;/m1../s1. The number of ether oxygens (including phenoxy) is 1. The predicted molar refractivity (Wildman–Crippen MR) is 74.3 cm³/mol. The highest BCUT2D eigenvalue weighted by molar-refractivity contribution is 5.85. The minimum atomic E-state index is 0. The van der Waals surface area contributed by atoms with Gasteiger partial charge in [0.15, 0.2) is 0 Å². The van der Waals surface area contributed by atoms with Crippen LogP contribution in [0.25, 0.3) is 0 Å². The Labute approximate surface area is 114 Å². The van der Waals surface area contributed by atoms with Crippen molar-refractivity contribution in [2.45, 2.75) is 18.9 Å². The molecule has 0 radical (unpaired) electrons. The van der Waals surface area contributed by atoms with Gasteiger partial charge in [0, 0.05) is 12.1 Å². The number of likely N-dealkylation sites (tertiary alicyclic amines) is 1. The molecule has 1 aliphatic rings. The number of halogens is 2. The molecule has 0 amide bonds. The molecule has 1 atom stereocenters. The van der Waals surface area contributed by atoms with Crippen LogP contribution in [-0.2, 0) is 0 Å². The maximum Gasteiger partial charge on any atom is 0.139 e. The van der Waals surface area contributed by atoms with Crippen LogP contribution in [0.2, 0.25) is 0 Å². The van der Waals surface area contributed by atoms with Crippen LogP contribution in [0.5, 0.6) is 5.75 Å². The van der Waals surface area contributed by atoms with E-state index in [0.717, 1.165) is 12.4 Å². The van der Waals surface area contributed by atoms with E-state index >= 15 is 0 Å². The summed E-state index contributed by atoms with van der Waals surface area (Å²) in [5.41, 5.74) is 6.26. The number of rotatable bonds is 3. The van der Waals surface area contributed by atoms with Gasteiger partial charge in [-0.2, -0.15) is 0 Å². The molecule has 2 heterocycles. The van der Waals surface area contributed by atoms with Crippen molar-refractivity contribution in [3.8, 4) is 5.75 Å². The van der Waals surface area contributed by atoms with Crippen LogP contribution < -0.4 is 10.5 Å². The van der Waals surface area contributed by atoms with Crippen molar-refractivity contribution in [2.24, 2.45) is 0 Å². The van der Waals surface area contributed by atoms with E-state index in [1.807, 2.05) is 6.07 Å². The highest BCUT2D eigenvalue weighted by Crippen LogP contribution is 2.17. The second kappa shape index (κ2) is 7.58. The van der Waals surface area contributed by atoms with E-state index in [4.69, 9.17) is 10.5 Å². The summed E-state index contributed by atoms with van der Waals surface area (Å²) in [5, 5.41) is 0. The van der Waals surface area contributed by atoms with Gasteiger partial charge in [0.2, 0.25) is 0 Å². The van der Waals surface area contributed by atoms with E-state index < -0.39 is 0 Å². The van der Waals surface area contributed by atoms with E-state index in [9.17, 15) is 0 Å². The van der Waals surface area contributed by atoms with Gasteiger partial charge >= 0.3 is 0 Å². The fourth-order valence-electron chi connectivity index (χ4n) is 1.90. The maximum atomic E-state index is 5.66. The summed E-state index contributed by atoms with van der Waals surface area (Å²) in [7, 11) is 2.14. The first kappa shape index (κ1) is 16.3. The molecule has 0 bridgehead atoms. The van der Waals surface area contributed by atoms with Crippen molar-refractivity contribution < 1.29 is 4.74 Å². The lowest BCUT2D eigenvalue weighted by molar-refractivity contribution is 0.198. The van der Waals surface area contributed by atoms with Gasteiger partial charge in [-0.15, -0.1) is 24.8 Å². The molecule has 1 fully saturated rings. The van der Waals surface area contributed by atoms with Crippen molar-refractivity contribution in [1.82, 2.24) is 9.88 Å². The van der Waals surface area contributed by atoms with Crippen LogP contribution in [0.1, 0.15) is 12.8 Å². The molecule has 0 saturated carbocycles. The monoisotopic (exact) mass is 279 g/mol. The molecule has 1 aliphatic heterocycles. The molecule has 2 rings (SSSR count). The molecule has 1 aromatic heterocycles. The lowest BCUT2D eigenvalue weighted by atomic mass is 10.2. The number of aromatic nitrogens is 1. The molecule has 0 aromatic carbocycles. The van der Waals surface area contributed by atoms with Crippen molar-refractivity contribution >= 4 is 30.5 Å². The Morgan fingerprint density at radius 2 is 2.24 bits per heavy atom. The average molecular weight is 280 g/mol. The molecule has 2 N–H and O–H groups in total. The number of hydrogen-bond donors (Lipinski definition) is 1. The Balaban J connectivity index is 0.00000128.